The van der Waals surface area contributed by atoms with Crippen LogP contribution in [0.4, 0.5) is 9.18 Å². The van der Waals surface area contributed by atoms with E-state index in [1.165, 1.54) is 12.3 Å². The van der Waals surface area contributed by atoms with Crippen molar-refractivity contribution in [1.82, 2.24) is 9.88 Å². The lowest BCUT2D eigenvalue weighted by molar-refractivity contribution is 0.0125. The second kappa shape index (κ2) is 7.90. The topological polar surface area (TPSA) is 42.4 Å². The van der Waals surface area contributed by atoms with E-state index in [0.29, 0.717) is 4.47 Å². The molecule has 0 fully saturated rings. The molecule has 0 saturated heterocycles. The van der Waals surface area contributed by atoms with Crippen molar-refractivity contribution in [3.05, 3.63) is 28.2 Å². The quantitative estimate of drug-likeness (QED) is 0.735. The van der Waals surface area contributed by atoms with Gasteiger partial charge >= 0.3 is 6.09 Å². The van der Waals surface area contributed by atoms with E-state index < -0.39 is 17.5 Å². The number of halogens is 2. The molecule has 0 radical (unpaired) electrons. The van der Waals surface area contributed by atoms with Crippen LogP contribution in [0.15, 0.2) is 16.7 Å². The van der Waals surface area contributed by atoms with Gasteiger partial charge < -0.3 is 4.74 Å². The highest BCUT2D eigenvalue weighted by molar-refractivity contribution is 9.10. The van der Waals surface area contributed by atoms with E-state index in [-0.39, 0.29) is 18.3 Å². The van der Waals surface area contributed by atoms with Gasteiger partial charge in [0.25, 0.3) is 0 Å². The Morgan fingerprint density at radius 1 is 1.41 bits per heavy atom. The maximum absolute atomic E-state index is 14.0. The Labute approximate surface area is 140 Å². The Balaban J connectivity index is 3.02. The summed E-state index contributed by atoms with van der Waals surface area (Å²) in [5.74, 6) is -0.436. The number of nitrogens with zero attached hydrogens (tertiary/aromatic N) is 2. The van der Waals surface area contributed by atoms with Gasteiger partial charge in [-0.15, -0.1) is 0 Å². The molecule has 22 heavy (non-hydrogen) atoms. The molecular formula is C16H24BrFN2O2. The summed E-state index contributed by atoms with van der Waals surface area (Å²) in [6, 6.07) is 1.34. The molecule has 0 aliphatic heterocycles. The molecule has 0 aliphatic carbocycles. The third-order valence-electron chi connectivity index (χ3n) is 3.22. The van der Waals surface area contributed by atoms with Gasteiger partial charge in [0.1, 0.15) is 11.4 Å². The van der Waals surface area contributed by atoms with Gasteiger partial charge in [0, 0.05) is 16.7 Å². The van der Waals surface area contributed by atoms with Gasteiger partial charge in [0.05, 0.1) is 12.2 Å². The van der Waals surface area contributed by atoms with Crippen LogP contribution in [0.2, 0.25) is 0 Å². The number of carbonyl (C=O) groups excluding carboxylic acids is 1. The van der Waals surface area contributed by atoms with Gasteiger partial charge in [-0.2, -0.15) is 0 Å². The van der Waals surface area contributed by atoms with Gasteiger partial charge in [-0.05, 0) is 55.6 Å². The molecule has 0 N–H and O–H groups in total. The Morgan fingerprint density at radius 2 is 2.00 bits per heavy atom. The Kier molecular flexibility index (Phi) is 6.78. The van der Waals surface area contributed by atoms with Crippen molar-refractivity contribution < 1.29 is 13.9 Å². The molecular weight excluding hydrogens is 351 g/mol. The highest BCUT2D eigenvalue weighted by atomic mass is 79.9. The number of hydrogen-bond donors (Lipinski definition) is 0. The number of rotatable bonds is 5. The summed E-state index contributed by atoms with van der Waals surface area (Å²) in [7, 11) is 0. The molecule has 124 valence electrons. The molecule has 0 atom stereocenters. The summed E-state index contributed by atoms with van der Waals surface area (Å²) in [4.78, 5) is 18.1. The second-order valence-electron chi connectivity index (χ2n) is 6.16. The highest BCUT2D eigenvalue weighted by Crippen LogP contribution is 2.20. The lowest BCUT2D eigenvalue weighted by Gasteiger charge is -2.32. The molecule has 0 unspecified atom stereocenters. The molecule has 1 heterocycles. The van der Waals surface area contributed by atoms with Crippen LogP contribution in [0.25, 0.3) is 0 Å². The van der Waals surface area contributed by atoms with E-state index in [2.05, 4.69) is 20.9 Å². The summed E-state index contributed by atoms with van der Waals surface area (Å²) in [6.07, 6.45) is 2.63. The number of hydrogen-bond acceptors (Lipinski definition) is 3. The van der Waals surface area contributed by atoms with Crippen molar-refractivity contribution in [1.29, 1.82) is 0 Å². The van der Waals surface area contributed by atoms with Crippen LogP contribution >= 0.6 is 15.9 Å². The van der Waals surface area contributed by atoms with Crippen molar-refractivity contribution in [3.8, 4) is 0 Å². The molecule has 1 rings (SSSR count). The number of carbonyl (C=O) groups is 1. The predicted molar refractivity (Wildman–Crippen MR) is 88.0 cm³/mol. The average Bonchev–Trinajstić information content (AvgIpc) is 2.39. The molecule has 0 bridgehead atoms. The average molecular weight is 375 g/mol. The van der Waals surface area contributed by atoms with Crippen molar-refractivity contribution in [2.24, 2.45) is 0 Å². The van der Waals surface area contributed by atoms with Crippen molar-refractivity contribution >= 4 is 22.0 Å². The molecule has 0 saturated carbocycles. The second-order valence-corrected chi connectivity index (χ2v) is 7.08. The van der Waals surface area contributed by atoms with E-state index in [1.54, 1.807) is 4.90 Å². The fraction of sp³-hybridized carbons (Fsp3) is 0.625. The molecule has 0 spiro atoms. The monoisotopic (exact) mass is 374 g/mol. The van der Waals surface area contributed by atoms with Crippen LogP contribution in [0, 0.1) is 5.82 Å². The maximum Gasteiger partial charge on any atom is 0.410 e. The summed E-state index contributed by atoms with van der Waals surface area (Å²) in [5, 5.41) is 0. The van der Waals surface area contributed by atoms with Crippen molar-refractivity contribution in [2.75, 3.05) is 0 Å². The minimum absolute atomic E-state index is 0.0142. The zero-order chi connectivity index (χ0) is 16.9. The highest BCUT2D eigenvalue weighted by Gasteiger charge is 2.28. The number of ether oxygens (including phenoxy) is 1. The Morgan fingerprint density at radius 3 is 2.45 bits per heavy atom. The first kappa shape index (κ1) is 18.9. The lowest BCUT2D eigenvalue weighted by Crippen LogP contribution is -2.42. The van der Waals surface area contributed by atoms with Gasteiger partial charge in [-0.3, -0.25) is 9.88 Å². The van der Waals surface area contributed by atoms with Crippen LogP contribution < -0.4 is 0 Å². The molecule has 6 heteroatoms. The standard InChI is InChI=1S/C16H24BrFN2O2/c1-6-12(7-2)20(15(21)22-16(3,4)5)10-14-13(18)8-11(17)9-19-14/h8-9,12H,6-7,10H2,1-5H3. The number of aromatic nitrogens is 1. The van der Waals surface area contributed by atoms with Gasteiger partial charge in [0.15, 0.2) is 0 Å². The summed E-state index contributed by atoms with van der Waals surface area (Å²) < 4.78 is 20.0. The van der Waals surface area contributed by atoms with E-state index in [1.807, 2.05) is 34.6 Å². The SMILES string of the molecule is CCC(CC)N(Cc1ncc(Br)cc1F)C(=O)OC(C)(C)C. The third kappa shape index (κ3) is 5.55. The summed E-state index contributed by atoms with van der Waals surface area (Å²) in [5.41, 5.74) is -0.353. The van der Waals surface area contributed by atoms with Crippen LogP contribution in [-0.2, 0) is 11.3 Å². The minimum atomic E-state index is -0.590. The maximum atomic E-state index is 14.0. The van der Waals surface area contributed by atoms with E-state index in [4.69, 9.17) is 4.74 Å². The van der Waals surface area contributed by atoms with Crippen LogP contribution in [-0.4, -0.2) is 27.6 Å². The van der Waals surface area contributed by atoms with E-state index in [0.717, 1.165) is 12.8 Å². The van der Waals surface area contributed by atoms with E-state index >= 15 is 0 Å². The molecule has 1 aromatic heterocycles. The van der Waals surface area contributed by atoms with Gasteiger partial charge in [0.2, 0.25) is 0 Å². The predicted octanol–water partition coefficient (Wildman–Crippen LogP) is 4.91. The third-order valence-corrected chi connectivity index (χ3v) is 3.65. The largest absolute Gasteiger partial charge is 0.444 e. The molecule has 4 nitrogen and oxygen atoms in total. The van der Waals surface area contributed by atoms with Crippen molar-refractivity contribution in [2.45, 2.75) is 65.6 Å². The van der Waals surface area contributed by atoms with Crippen LogP contribution in [0.1, 0.15) is 53.2 Å². The van der Waals surface area contributed by atoms with E-state index in [9.17, 15) is 9.18 Å². The molecule has 0 aliphatic rings. The van der Waals surface area contributed by atoms with Crippen molar-refractivity contribution in [3.63, 3.8) is 0 Å². The molecule has 1 aromatic rings. The fourth-order valence-corrected chi connectivity index (χ4v) is 2.42. The number of pyridine rings is 1. The summed E-state index contributed by atoms with van der Waals surface area (Å²) >= 11 is 3.18. The first-order valence-corrected chi connectivity index (χ1v) is 8.26. The summed E-state index contributed by atoms with van der Waals surface area (Å²) in [6.45, 7) is 9.53. The van der Waals surface area contributed by atoms with Crippen LogP contribution in [0.3, 0.4) is 0 Å². The fourth-order valence-electron chi connectivity index (χ4n) is 2.11. The number of amides is 1. The Bertz CT molecular complexity index is 513. The first-order valence-electron chi connectivity index (χ1n) is 7.47. The van der Waals surface area contributed by atoms with Gasteiger partial charge in [-0.1, -0.05) is 13.8 Å². The molecule has 1 amide bonds. The van der Waals surface area contributed by atoms with Gasteiger partial charge in [-0.25, -0.2) is 9.18 Å². The normalized spacial score (nSPS) is 11.6. The molecule has 0 aromatic carbocycles. The first-order chi connectivity index (χ1) is 10.2. The zero-order valence-electron chi connectivity index (χ0n) is 13.8. The van der Waals surface area contributed by atoms with Crippen LogP contribution in [0.5, 0.6) is 0 Å². The smallest absolute Gasteiger partial charge is 0.410 e. The Hall–Kier alpha value is -1.17. The minimum Gasteiger partial charge on any atom is -0.444 e. The lowest BCUT2D eigenvalue weighted by atomic mass is 10.1. The zero-order valence-corrected chi connectivity index (χ0v) is 15.4.